The molecule has 0 amide bonds. The van der Waals surface area contributed by atoms with Crippen LogP contribution in [0.5, 0.6) is 11.5 Å². The van der Waals surface area contributed by atoms with Gasteiger partial charge >= 0.3 is 0 Å². The highest BCUT2D eigenvalue weighted by Gasteiger charge is 2.20. The molecule has 12 nitrogen and oxygen atoms in total. The molecule has 0 unspecified atom stereocenters. The molecule has 8 bridgehead atoms. The van der Waals surface area contributed by atoms with Crippen molar-refractivity contribution in [3.63, 3.8) is 0 Å². The van der Waals surface area contributed by atoms with E-state index in [0.717, 1.165) is 117 Å². The third kappa shape index (κ3) is 9.85. The summed E-state index contributed by atoms with van der Waals surface area (Å²) in [4.78, 5) is 40.9. The highest BCUT2D eigenvalue weighted by atomic mass is 16.6. The molecule has 12 heteroatoms. The van der Waals surface area contributed by atoms with E-state index in [1.54, 1.807) is 24.3 Å². The Kier molecular flexibility index (Phi) is 13.6. The van der Waals surface area contributed by atoms with Gasteiger partial charge in [-0.2, -0.15) is 0 Å². The van der Waals surface area contributed by atoms with Crippen molar-refractivity contribution in [3.8, 4) is 56.0 Å². The minimum atomic E-state index is -0.399. The maximum Gasteiger partial charge on any atom is 0.269 e. The molecule has 5 heterocycles. The molecule has 2 N–H and O–H groups in total. The van der Waals surface area contributed by atoms with E-state index in [-0.39, 0.29) is 11.4 Å². The largest absolute Gasteiger partial charge is 0.494 e. The van der Waals surface area contributed by atoms with Gasteiger partial charge in [-0.15, -0.1) is 0 Å². The van der Waals surface area contributed by atoms with Crippen LogP contribution in [-0.2, 0) is 0 Å². The Morgan fingerprint density at radius 2 is 0.706 bits per heavy atom. The van der Waals surface area contributed by atoms with E-state index >= 15 is 0 Å². The molecule has 4 aromatic carbocycles. The number of rotatable bonds is 18. The molecule has 0 saturated carbocycles. The number of nitrogens with one attached hydrogen (secondary N) is 2. The third-order valence-corrected chi connectivity index (χ3v) is 12.3. The third-order valence-electron chi connectivity index (χ3n) is 12.3. The second kappa shape index (κ2) is 20.6. The number of hydrogen-bond donors (Lipinski definition) is 2. The molecule has 0 aliphatic carbocycles. The minimum Gasteiger partial charge on any atom is -0.494 e. The average Bonchev–Trinajstić information content (AvgIpc) is 4.21. The maximum absolute atomic E-state index is 11.8. The van der Waals surface area contributed by atoms with E-state index in [9.17, 15) is 20.2 Å². The van der Waals surface area contributed by atoms with Crippen LogP contribution in [0.25, 0.3) is 90.9 Å². The fourth-order valence-electron chi connectivity index (χ4n) is 8.79. The number of nitro groups is 2. The Morgan fingerprint density at radius 3 is 0.985 bits per heavy atom. The number of nitrogens with zero attached hydrogens (tertiary/aromatic N) is 4. The summed E-state index contributed by atoms with van der Waals surface area (Å²) in [6.07, 6.45) is 16.8. The SMILES string of the molecule is CCCCCCOc1ccc(-c2c3nc(c(-c4ccc([N+](=O)[O-])cc4)c4ccc([nH]4)c(-c4ccc(OCCCCCC)cc4)c4nc(c(-c5ccc([N+](=O)[O-])cc5)c5ccc2[nH]5)C=C4)C=C3)cc1. The van der Waals surface area contributed by atoms with Crippen LogP contribution in [0.2, 0.25) is 0 Å². The molecule has 2 aliphatic heterocycles. The topological polar surface area (TPSA) is 162 Å². The van der Waals surface area contributed by atoms with Gasteiger partial charge in [0.1, 0.15) is 11.5 Å². The first-order valence-electron chi connectivity index (χ1n) is 23.4. The van der Waals surface area contributed by atoms with E-state index < -0.39 is 9.85 Å². The van der Waals surface area contributed by atoms with E-state index in [1.165, 1.54) is 37.1 Å². The summed E-state index contributed by atoms with van der Waals surface area (Å²) < 4.78 is 12.3. The molecule has 0 atom stereocenters. The predicted octanol–water partition coefficient (Wildman–Crippen LogP) is 15.1. The lowest BCUT2D eigenvalue weighted by Crippen LogP contribution is -1.97. The fourth-order valence-corrected chi connectivity index (χ4v) is 8.79. The van der Waals surface area contributed by atoms with Crippen molar-refractivity contribution in [2.24, 2.45) is 0 Å². The normalized spacial score (nSPS) is 11.8. The quantitative estimate of drug-likeness (QED) is 0.0488. The zero-order chi connectivity index (χ0) is 47.0. The Bertz CT molecular complexity index is 2970. The van der Waals surface area contributed by atoms with Crippen LogP contribution < -0.4 is 9.47 Å². The number of benzene rings is 4. The zero-order valence-corrected chi connectivity index (χ0v) is 38.2. The second-order valence-corrected chi connectivity index (χ2v) is 17.0. The Balaban J connectivity index is 1.30. The van der Waals surface area contributed by atoms with Crippen molar-refractivity contribution in [3.05, 3.63) is 164 Å². The van der Waals surface area contributed by atoms with E-state index in [0.29, 0.717) is 36.0 Å². The second-order valence-electron chi connectivity index (χ2n) is 17.0. The van der Waals surface area contributed by atoms with E-state index in [2.05, 4.69) is 23.8 Å². The lowest BCUT2D eigenvalue weighted by Gasteiger charge is -2.09. The molecular weight excluding hydrogens is 853 g/mol. The van der Waals surface area contributed by atoms with Crippen LogP contribution in [-0.4, -0.2) is 43.0 Å². The van der Waals surface area contributed by atoms with Crippen LogP contribution in [0.1, 0.15) is 88.0 Å². The van der Waals surface area contributed by atoms with E-state index in [1.807, 2.05) is 97.1 Å². The molecular formula is C56H52N6O6. The van der Waals surface area contributed by atoms with Crippen LogP contribution >= 0.6 is 0 Å². The van der Waals surface area contributed by atoms with Crippen molar-refractivity contribution in [1.82, 2.24) is 19.9 Å². The molecule has 3 aromatic heterocycles. The number of H-pyrrole nitrogens is 2. The molecule has 0 radical (unpaired) electrons. The van der Waals surface area contributed by atoms with Crippen molar-refractivity contribution in [2.45, 2.75) is 65.2 Å². The van der Waals surface area contributed by atoms with Gasteiger partial charge in [0.15, 0.2) is 0 Å². The van der Waals surface area contributed by atoms with Crippen LogP contribution in [0.4, 0.5) is 11.4 Å². The van der Waals surface area contributed by atoms with Gasteiger partial charge in [-0.25, -0.2) is 9.97 Å². The summed E-state index contributed by atoms with van der Waals surface area (Å²) in [7, 11) is 0. The van der Waals surface area contributed by atoms with Gasteiger partial charge < -0.3 is 19.4 Å². The van der Waals surface area contributed by atoms with Gasteiger partial charge in [0, 0.05) is 68.6 Å². The monoisotopic (exact) mass is 904 g/mol. The fraction of sp³-hybridized carbons (Fsp3) is 0.214. The number of nitro benzene ring substituents is 2. The minimum absolute atomic E-state index is 0.00979. The van der Waals surface area contributed by atoms with Crippen molar-refractivity contribution < 1.29 is 19.3 Å². The first kappa shape index (κ1) is 45.1. The molecule has 9 rings (SSSR count). The summed E-state index contributed by atoms with van der Waals surface area (Å²) >= 11 is 0. The lowest BCUT2D eigenvalue weighted by molar-refractivity contribution is -0.385. The smallest absolute Gasteiger partial charge is 0.269 e. The van der Waals surface area contributed by atoms with Crippen LogP contribution in [0.3, 0.4) is 0 Å². The van der Waals surface area contributed by atoms with Crippen LogP contribution in [0, 0.1) is 20.2 Å². The van der Waals surface area contributed by atoms with Crippen molar-refractivity contribution in [1.29, 1.82) is 0 Å². The molecule has 0 spiro atoms. The van der Waals surface area contributed by atoms with E-state index in [4.69, 9.17) is 19.4 Å². The number of aromatic amines is 2. The number of unbranched alkanes of at least 4 members (excludes halogenated alkanes) is 6. The summed E-state index contributed by atoms with van der Waals surface area (Å²) in [6, 6.07) is 37.2. The van der Waals surface area contributed by atoms with Crippen LogP contribution in [0.15, 0.2) is 121 Å². The summed E-state index contributed by atoms with van der Waals surface area (Å²) in [6.45, 7) is 5.67. The standard InChI is InChI=1S/C56H52N6O6/c1-3-5-7-9-35-67-43-23-15-39(16-24-43)55-49-31-27-45(57-49)53(37-11-19-41(20-12-37)61(63)64)47-29-33-51(59-47)56(40-17-25-44(26-18-40)68-36-10-8-6-4-2)52-34-30-48(60-52)54(46-28-32-50(55)58-46)38-13-21-42(22-14-38)62(65)66/h11-34,57,60H,3-10,35-36H2,1-2H3. The summed E-state index contributed by atoms with van der Waals surface area (Å²) in [5, 5.41) is 23.6. The predicted molar refractivity (Wildman–Crippen MR) is 273 cm³/mol. The molecule has 342 valence electrons. The molecule has 0 fully saturated rings. The zero-order valence-electron chi connectivity index (χ0n) is 38.2. The van der Waals surface area contributed by atoms with Gasteiger partial charge in [-0.05, 0) is 132 Å². The van der Waals surface area contributed by atoms with Gasteiger partial charge in [-0.3, -0.25) is 20.2 Å². The van der Waals surface area contributed by atoms with Gasteiger partial charge in [-0.1, -0.05) is 76.6 Å². The summed E-state index contributed by atoms with van der Waals surface area (Å²) in [5.41, 5.74) is 12.3. The molecule has 68 heavy (non-hydrogen) atoms. The first-order valence-corrected chi connectivity index (χ1v) is 23.4. The van der Waals surface area contributed by atoms with Crippen molar-refractivity contribution >= 4 is 57.7 Å². The Hall–Kier alpha value is -8.12. The van der Waals surface area contributed by atoms with Gasteiger partial charge in [0.2, 0.25) is 0 Å². The van der Waals surface area contributed by atoms with Crippen molar-refractivity contribution in [2.75, 3.05) is 13.2 Å². The molecule has 0 saturated heterocycles. The highest BCUT2D eigenvalue weighted by Crippen LogP contribution is 2.39. The lowest BCUT2D eigenvalue weighted by atomic mass is 10.0. The number of non-ortho nitro benzene ring substituents is 2. The Morgan fingerprint density at radius 1 is 0.412 bits per heavy atom. The number of aromatic nitrogens is 4. The highest BCUT2D eigenvalue weighted by molar-refractivity contribution is 6.00. The number of fused-ring (bicyclic) bond motifs is 8. The Labute approximate surface area is 394 Å². The number of ether oxygens (including phenoxy) is 2. The number of hydrogen-bond acceptors (Lipinski definition) is 8. The summed E-state index contributed by atoms with van der Waals surface area (Å²) in [5.74, 6) is 1.56. The molecule has 2 aliphatic rings. The average molecular weight is 905 g/mol. The van der Waals surface area contributed by atoms with Gasteiger partial charge in [0.25, 0.3) is 11.4 Å². The maximum atomic E-state index is 11.8. The first-order chi connectivity index (χ1) is 33.3. The van der Waals surface area contributed by atoms with Gasteiger partial charge in [0.05, 0.1) is 45.8 Å². The molecule has 7 aromatic rings.